The van der Waals surface area contributed by atoms with Crippen molar-refractivity contribution in [2.75, 3.05) is 18.5 Å². The van der Waals surface area contributed by atoms with Gasteiger partial charge in [0.2, 0.25) is 12.4 Å². The van der Waals surface area contributed by atoms with Crippen LogP contribution in [0.15, 0.2) is 83.0 Å². The van der Waals surface area contributed by atoms with Gasteiger partial charge in [0.15, 0.2) is 0 Å². The van der Waals surface area contributed by atoms with E-state index in [-0.39, 0.29) is 5.96 Å². The number of benzene rings is 1. The number of anilines is 1. The number of nitrogens with one attached hydrogen (secondary N) is 1. The Morgan fingerprint density at radius 2 is 1.71 bits per heavy atom. The number of pyridine rings is 1. The van der Waals surface area contributed by atoms with E-state index in [1.165, 1.54) is 29.3 Å². The number of aliphatic imine (C=N–C) groups is 3. The number of aromatic nitrogens is 1. The molecule has 0 saturated heterocycles. The molecular weight excluding hydrogens is 436 g/mol. The van der Waals surface area contributed by atoms with Crippen molar-refractivity contribution >= 4 is 31.6 Å². The minimum absolute atomic E-state index is 0.153. The third-order valence-electron chi connectivity index (χ3n) is 3.90. The molecule has 1 aromatic carbocycles. The third-order valence-corrected chi connectivity index (χ3v) is 3.90. The fraction of sp³-hybridized carbons (Fsp3) is 0.321. The number of guanidine groups is 1. The lowest BCUT2D eigenvalue weighted by molar-refractivity contribution is -0.108. The van der Waals surface area contributed by atoms with Crippen LogP contribution in [0.25, 0.3) is 0 Å². The van der Waals surface area contributed by atoms with E-state index in [1.807, 2.05) is 13.1 Å². The molecule has 0 radical (unpaired) electrons. The van der Waals surface area contributed by atoms with Crippen molar-refractivity contribution in [1.82, 2.24) is 10.3 Å². The summed E-state index contributed by atoms with van der Waals surface area (Å²) < 4.78 is 0. The number of carbonyl (C=O) groups excluding carboxylic acids is 1. The molecule has 7 heteroatoms. The van der Waals surface area contributed by atoms with Gasteiger partial charge in [-0.2, -0.15) is 0 Å². The van der Waals surface area contributed by atoms with E-state index in [0.29, 0.717) is 6.41 Å². The summed E-state index contributed by atoms with van der Waals surface area (Å²) in [6.45, 7) is 23.2. The molecular formula is C28H42N6O. The first kappa shape index (κ1) is 33.3. The molecule has 0 bridgehead atoms. The predicted octanol–water partition coefficient (Wildman–Crippen LogP) is 5.81. The van der Waals surface area contributed by atoms with Crippen molar-refractivity contribution in [2.45, 2.75) is 47.1 Å². The van der Waals surface area contributed by atoms with Gasteiger partial charge in [-0.25, -0.2) is 15.0 Å². The quantitative estimate of drug-likeness (QED) is 0.261. The number of aryl methyl sites for hydroxylation is 1. The molecule has 0 saturated carbocycles. The van der Waals surface area contributed by atoms with E-state index in [0.717, 1.165) is 25.3 Å². The monoisotopic (exact) mass is 478 g/mol. The first-order valence-corrected chi connectivity index (χ1v) is 11.4. The van der Waals surface area contributed by atoms with Crippen LogP contribution in [0.3, 0.4) is 0 Å². The summed E-state index contributed by atoms with van der Waals surface area (Å²) in [6.07, 6.45) is 7.79. The summed E-state index contributed by atoms with van der Waals surface area (Å²) in [5.41, 5.74) is 4.13. The highest BCUT2D eigenvalue weighted by atomic mass is 16.1. The number of carbonyl (C=O) groups is 1. The van der Waals surface area contributed by atoms with E-state index in [2.05, 4.69) is 114 Å². The average Bonchev–Trinajstić information content (AvgIpc) is 2.86. The summed E-state index contributed by atoms with van der Waals surface area (Å²) in [5, 5.41) is 2.20. The molecule has 0 unspecified atom stereocenters. The molecule has 1 aromatic heterocycles. The molecule has 3 rings (SSSR count). The normalized spacial score (nSPS) is 10.9. The molecule has 7 nitrogen and oxygen atoms in total. The molecule has 1 N–H and O–H groups in total. The van der Waals surface area contributed by atoms with Gasteiger partial charge < -0.3 is 9.89 Å². The Bertz CT molecular complexity index is 885. The van der Waals surface area contributed by atoms with Crippen LogP contribution in [0.5, 0.6) is 0 Å². The van der Waals surface area contributed by atoms with Crippen LogP contribution in [0.1, 0.15) is 43.9 Å². The summed E-state index contributed by atoms with van der Waals surface area (Å²) >= 11 is 0. The molecule has 0 aliphatic carbocycles. The Balaban J connectivity index is 0. The van der Waals surface area contributed by atoms with Crippen molar-refractivity contribution < 1.29 is 4.79 Å². The first-order chi connectivity index (χ1) is 16.9. The molecule has 0 fully saturated rings. The maximum Gasteiger partial charge on any atom is 0.228 e. The largest absolute Gasteiger partial charge is 0.352 e. The van der Waals surface area contributed by atoms with E-state index in [4.69, 9.17) is 0 Å². The summed E-state index contributed by atoms with van der Waals surface area (Å²) in [4.78, 5) is 26.7. The second-order valence-electron chi connectivity index (χ2n) is 7.12. The van der Waals surface area contributed by atoms with Crippen molar-refractivity contribution in [2.24, 2.45) is 15.0 Å². The van der Waals surface area contributed by atoms with Crippen molar-refractivity contribution in [3.8, 4) is 0 Å². The number of fused-ring (bicyclic) bond motifs is 1. The van der Waals surface area contributed by atoms with E-state index >= 15 is 0 Å². The lowest BCUT2D eigenvalue weighted by Crippen LogP contribution is -2.30. The highest BCUT2D eigenvalue weighted by molar-refractivity contribution is 5.91. The fourth-order valence-corrected chi connectivity index (χ4v) is 2.60. The first-order valence-electron chi connectivity index (χ1n) is 11.4. The molecule has 2 heterocycles. The molecule has 35 heavy (non-hydrogen) atoms. The standard InChI is InChI=1S/C15H16N2.C5H7N3O.C3H8.C3H6.C2H5N/c1-12-6-7-15(16-10-12)17-9-8-13-4-2-3-5-14(13)11-17;1-3-7-5(6-2)8-4-9;3*1-3-2/h2-7,10H,8-9,11H2,1H3;3-4H,1-2H2,(H,7,8,9);3H2,1-2H3;3H,1H2,2H3;1H2,2H3. The van der Waals surface area contributed by atoms with Crippen LogP contribution in [-0.4, -0.2) is 44.4 Å². The van der Waals surface area contributed by atoms with E-state index < -0.39 is 0 Å². The van der Waals surface area contributed by atoms with E-state index in [9.17, 15) is 4.79 Å². The van der Waals surface area contributed by atoms with Gasteiger partial charge in [-0.15, -0.1) is 6.58 Å². The van der Waals surface area contributed by atoms with Gasteiger partial charge in [0.1, 0.15) is 5.82 Å². The maximum absolute atomic E-state index is 9.73. The second-order valence-corrected chi connectivity index (χ2v) is 7.12. The SMILES string of the molecule is C=CC.C=CN=C(N=C)NC=O.C=NC.CCC.Cc1ccc(N2CCc3ccccc3C2)nc1. The lowest BCUT2D eigenvalue weighted by Gasteiger charge is -2.29. The van der Waals surface area contributed by atoms with Gasteiger partial charge in [0.05, 0.1) is 0 Å². The molecule has 1 aliphatic heterocycles. The number of rotatable bonds is 3. The van der Waals surface area contributed by atoms with Gasteiger partial charge in [-0.05, 0) is 56.5 Å². The lowest BCUT2D eigenvalue weighted by atomic mass is 10.00. The smallest absolute Gasteiger partial charge is 0.228 e. The van der Waals surface area contributed by atoms with Gasteiger partial charge >= 0.3 is 0 Å². The van der Waals surface area contributed by atoms with Gasteiger partial charge in [0.25, 0.3) is 0 Å². The van der Waals surface area contributed by atoms with Crippen LogP contribution in [0, 0.1) is 6.92 Å². The average molecular weight is 479 g/mol. The summed E-state index contributed by atoms with van der Waals surface area (Å²) in [5.74, 6) is 1.24. The van der Waals surface area contributed by atoms with Crippen molar-refractivity contribution in [1.29, 1.82) is 0 Å². The zero-order valence-electron chi connectivity index (χ0n) is 22.1. The van der Waals surface area contributed by atoms with Crippen molar-refractivity contribution in [3.63, 3.8) is 0 Å². The summed E-state index contributed by atoms with van der Waals surface area (Å²) in [7, 11) is 1.64. The topological polar surface area (TPSA) is 82.3 Å². The molecule has 190 valence electrons. The number of allylic oxidation sites excluding steroid dienone is 1. The molecule has 2 aromatic rings. The van der Waals surface area contributed by atoms with Gasteiger partial charge in [0, 0.05) is 32.5 Å². The minimum Gasteiger partial charge on any atom is -0.352 e. The van der Waals surface area contributed by atoms with Gasteiger partial charge in [-0.1, -0.05) is 63.3 Å². The van der Waals surface area contributed by atoms with Gasteiger partial charge in [-0.3, -0.25) is 10.1 Å². The number of hydrogen-bond donors (Lipinski definition) is 1. The number of amides is 1. The second kappa shape index (κ2) is 23.3. The van der Waals surface area contributed by atoms with Crippen molar-refractivity contribution in [3.05, 3.63) is 84.7 Å². The Morgan fingerprint density at radius 1 is 1.14 bits per heavy atom. The maximum atomic E-state index is 9.73. The zero-order chi connectivity index (χ0) is 26.9. The van der Waals surface area contributed by atoms with E-state index in [1.54, 1.807) is 13.1 Å². The van der Waals surface area contributed by atoms with Crippen LogP contribution in [0.4, 0.5) is 5.82 Å². The molecule has 0 atom stereocenters. The molecule has 0 spiro atoms. The Morgan fingerprint density at radius 3 is 2.17 bits per heavy atom. The minimum atomic E-state index is 0.153. The number of nitrogens with zero attached hydrogens (tertiary/aromatic N) is 5. The highest BCUT2D eigenvalue weighted by Crippen LogP contribution is 2.22. The highest BCUT2D eigenvalue weighted by Gasteiger charge is 2.16. The Labute approximate surface area is 212 Å². The Kier molecular flexibility index (Phi) is 22.2. The van der Waals surface area contributed by atoms with Crippen LogP contribution < -0.4 is 10.2 Å². The third kappa shape index (κ3) is 16.4. The zero-order valence-corrected chi connectivity index (χ0v) is 22.1. The Hall–Kier alpha value is -3.87. The fourth-order valence-electron chi connectivity index (χ4n) is 2.60. The van der Waals surface area contributed by atoms with Crippen LogP contribution in [0.2, 0.25) is 0 Å². The van der Waals surface area contributed by atoms with Crippen LogP contribution in [-0.2, 0) is 17.8 Å². The molecule has 1 amide bonds. The summed E-state index contributed by atoms with van der Waals surface area (Å²) in [6, 6.07) is 12.9. The molecule has 1 aliphatic rings. The number of hydrogen-bond acceptors (Lipinski definition) is 5. The van der Waals surface area contributed by atoms with Crippen LogP contribution >= 0.6 is 0 Å². The predicted molar refractivity (Wildman–Crippen MR) is 154 cm³/mol.